The lowest BCUT2D eigenvalue weighted by Crippen LogP contribution is -2.61. The predicted molar refractivity (Wildman–Crippen MR) is 62.7 cm³/mol. The van der Waals surface area contributed by atoms with Gasteiger partial charge in [0.05, 0.1) is 0 Å². The Hall–Kier alpha value is -1.35. The number of carboxylic acids is 1. The third-order valence-corrected chi connectivity index (χ3v) is 3.36. The van der Waals surface area contributed by atoms with Crippen molar-refractivity contribution in [2.45, 2.75) is 25.2 Å². The highest BCUT2D eigenvalue weighted by molar-refractivity contribution is 5.84. The van der Waals surface area contributed by atoms with Crippen LogP contribution in [0.1, 0.15) is 30.9 Å². The van der Waals surface area contributed by atoms with E-state index in [2.05, 4.69) is 19.2 Å². The standard InChI is InChI=1S/C13H17NO2/c1-9(2)10-5-3-4-6-11(10)13(12(15)16)7-14-8-13/h3-6,9,14H,7-8H2,1-2H3,(H,15,16). The van der Waals surface area contributed by atoms with Crippen LogP contribution in [-0.4, -0.2) is 24.2 Å². The number of nitrogens with one attached hydrogen (secondary N) is 1. The van der Waals surface area contributed by atoms with Crippen LogP contribution in [-0.2, 0) is 10.2 Å². The topological polar surface area (TPSA) is 49.3 Å². The van der Waals surface area contributed by atoms with Crippen molar-refractivity contribution >= 4 is 5.97 Å². The third-order valence-electron chi connectivity index (χ3n) is 3.36. The van der Waals surface area contributed by atoms with Gasteiger partial charge in [-0.3, -0.25) is 4.79 Å². The van der Waals surface area contributed by atoms with E-state index in [-0.39, 0.29) is 0 Å². The highest BCUT2D eigenvalue weighted by atomic mass is 16.4. The summed E-state index contributed by atoms with van der Waals surface area (Å²) in [5.74, 6) is -0.368. The average molecular weight is 219 g/mol. The largest absolute Gasteiger partial charge is 0.481 e. The maximum absolute atomic E-state index is 11.4. The fraction of sp³-hybridized carbons (Fsp3) is 0.462. The molecular weight excluding hydrogens is 202 g/mol. The maximum Gasteiger partial charge on any atom is 0.316 e. The van der Waals surface area contributed by atoms with Crippen LogP contribution in [0.4, 0.5) is 0 Å². The third kappa shape index (κ3) is 1.52. The Morgan fingerprint density at radius 2 is 2.00 bits per heavy atom. The molecule has 0 radical (unpaired) electrons. The van der Waals surface area contributed by atoms with Crippen molar-refractivity contribution < 1.29 is 9.90 Å². The molecule has 0 aliphatic carbocycles. The van der Waals surface area contributed by atoms with Gasteiger partial charge in [-0.05, 0) is 17.0 Å². The Bertz CT molecular complexity index is 408. The Morgan fingerprint density at radius 1 is 1.38 bits per heavy atom. The summed E-state index contributed by atoms with van der Waals surface area (Å²) in [5, 5.41) is 12.5. The molecule has 86 valence electrons. The molecule has 1 aromatic carbocycles. The van der Waals surface area contributed by atoms with Crippen molar-refractivity contribution in [3.05, 3.63) is 35.4 Å². The fourth-order valence-corrected chi connectivity index (χ4v) is 2.27. The number of carbonyl (C=O) groups is 1. The monoisotopic (exact) mass is 219 g/mol. The summed E-state index contributed by atoms with van der Waals surface area (Å²) in [4.78, 5) is 11.4. The first-order valence-electron chi connectivity index (χ1n) is 5.61. The summed E-state index contributed by atoms with van der Waals surface area (Å²) in [5.41, 5.74) is 1.41. The normalized spacial score (nSPS) is 18.2. The van der Waals surface area contributed by atoms with E-state index in [0.717, 1.165) is 11.1 Å². The average Bonchev–Trinajstić information content (AvgIpc) is 2.15. The van der Waals surface area contributed by atoms with E-state index in [4.69, 9.17) is 0 Å². The summed E-state index contributed by atoms with van der Waals surface area (Å²) in [6.07, 6.45) is 0. The highest BCUT2D eigenvalue weighted by Crippen LogP contribution is 2.34. The molecule has 3 heteroatoms. The van der Waals surface area contributed by atoms with Crippen molar-refractivity contribution in [2.24, 2.45) is 0 Å². The zero-order valence-electron chi connectivity index (χ0n) is 9.66. The lowest BCUT2D eigenvalue weighted by Gasteiger charge is -2.40. The number of rotatable bonds is 3. The first-order chi connectivity index (χ1) is 7.58. The summed E-state index contributed by atoms with van der Waals surface area (Å²) >= 11 is 0. The molecule has 1 aliphatic rings. The number of benzene rings is 1. The van der Waals surface area contributed by atoms with E-state index in [1.54, 1.807) is 0 Å². The van der Waals surface area contributed by atoms with E-state index >= 15 is 0 Å². The van der Waals surface area contributed by atoms with Gasteiger partial charge in [0.25, 0.3) is 0 Å². The van der Waals surface area contributed by atoms with Gasteiger partial charge in [0.1, 0.15) is 5.41 Å². The molecule has 3 nitrogen and oxygen atoms in total. The Balaban J connectivity index is 2.50. The van der Waals surface area contributed by atoms with Crippen molar-refractivity contribution in [2.75, 3.05) is 13.1 Å². The van der Waals surface area contributed by atoms with Gasteiger partial charge >= 0.3 is 5.97 Å². The first kappa shape index (κ1) is 11.1. The van der Waals surface area contributed by atoms with Crippen LogP contribution >= 0.6 is 0 Å². The summed E-state index contributed by atoms with van der Waals surface area (Å²) in [6, 6.07) is 7.87. The number of hydrogen-bond donors (Lipinski definition) is 2. The van der Waals surface area contributed by atoms with Gasteiger partial charge in [-0.15, -0.1) is 0 Å². The minimum absolute atomic E-state index is 0.355. The molecule has 0 spiro atoms. The number of aliphatic carboxylic acids is 1. The van der Waals surface area contributed by atoms with Gasteiger partial charge in [0.15, 0.2) is 0 Å². The van der Waals surface area contributed by atoms with Crippen LogP contribution < -0.4 is 5.32 Å². The maximum atomic E-state index is 11.4. The molecule has 0 saturated carbocycles. The molecule has 0 bridgehead atoms. The minimum Gasteiger partial charge on any atom is -0.481 e. The van der Waals surface area contributed by atoms with Crippen LogP contribution in [0.5, 0.6) is 0 Å². The van der Waals surface area contributed by atoms with Crippen LogP contribution in [0, 0.1) is 0 Å². The second-order valence-corrected chi connectivity index (χ2v) is 4.73. The molecule has 0 atom stereocenters. The van der Waals surface area contributed by atoms with Gasteiger partial charge in [0, 0.05) is 13.1 Å². The van der Waals surface area contributed by atoms with Gasteiger partial charge in [-0.2, -0.15) is 0 Å². The summed E-state index contributed by atoms with van der Waals surface area (Å²) < 4.78 is 0. The second-order valence-electron chi connectivity index (χ2n) is 4.73. The van der Waals surface area contributed by atoms with Crippen molar-refractivity contribution in [1.29, 1.82) is 0 Å². The molecule has 1 fully saturated rings. The second kappa shape index (κ2) is 3.91. The molecule has 1 aliphatic heterocycles. The molecule has 1 aromatic rings. The van der Waals surface area contributed by atoms with E-state index in [1.807, 2.05) is 24.3 Å². The Kier molecular flexibility index (Phi) is 2.72. The Labute approximate surface area is 95.5 Å². The molecule has 0 amide bonds. The molecule has 1 heterocycles. The molecule has 0 aromatic heterocycles. The van der Waals surface area contributed by atoms with Gasteiger partial charge in [-0.25, -0.2) is 0 Å². The molecule has 1 saturated heterocycles. The van der Waals surface area contributed by atoms with E-state index in [0.29, 0.717) is 19.0 Å². The minimum atomic E-state index is -0.723. The van der Waals surface area contributed by atoms with Crippen LogP contribution in [0.3, 0.4) is 0 Å². The SMILES string of the molecule is CC(C)c1ccccc1C1(C(=O)O)CNC1. The quantitative estimate of drug-likeness (QED) is 0.814. The lowest BCUT2D eigenvalue weighted by molar-refractivity contribution is -0.146. The van der Waals surface area contributed by atoms with Crippen LogP contribution in [0.2, 0.25) is 0 Å². The number of hydrogen-bond acceptors (Lipinski definition) is 2. The van der Waals surface area contributed by atoms with Crippen molar-refractivity contribution in [1.82, 2.24) is 5.32 Å². The summed E-state index contributed by atoms with van der Waals surface area (Å²) in [7, 11) is 0. The lowest BCUT2D eigenvalue weighted by atomic mass is 9.72. The zero-order chi connectivity index (χ0) is 11.8. The van der Waals surface area contributed by atoms with Gasteiger partial charge in [-0.1, -0.05) is 38.1 Å². The van der Waals surface area contributed by atoms with Gasteiger partial charge < -0.3 is 10.4 Å². The van der Waals surface area contributed by atoms with Crippen LogP contribution in [0.25, 0.3) is 0 Å². The van der Waals surface area contributed by atoms with E-state index in [1.165, 1.54) is 0 Å². The van der Waals surface area contributed by atoms with E-state index < -0.39 is 11.4 Å². The summed E-state index contributed by atoms with van der Waals surface area (Å²) in [6.45, 7) is 5.26. The van der Waals surface area contributed by atoms with Crippen LogP contribution in [0.15, 0.2) is 24.3 Å². The van der Waals surface area contributed by atoms with Gasteiger partial charge in [0.2, 0.25) is 0 Å². The molecule has 16 heavy (non-hydrogen) atoms. The Morgan fingerprint density at radius 3 is 2.44 bits per heavy atom. The zero-order valence-corrected chi connectivity index (χ0v) is 9.66. The highest BCUT2D eigenvalue weighted by Gasteiger charge is 2.47. The number of carboxylic acid groups (broad SMARTS) is 1. The smallest absolute Gasteiger partial charge is 0.316 e. The molecule has 2 rings (SSSR count). The fourth-order valence-electron chi connectivity index (χ4n) is 2.27. The predicted octanol–water partition coefficient (Wildman–Crippen LogP) is 1.74. The molecule has 0 unspecified atom stereocenters. The molecule has 2 N–H and O–H groups in total. The van der Waals surface area contributed by atoms with E-state index in [9.17, 15) is 9.90 Å². The first-order valence-corrected chi connectivity index (χ1v) is 5.61. The van der Waals surface area contributed by atoms with Crippen molar-refractivity contribution in [3.63, 3.8) is 0 Å². The molecular formula is C13H17NO2. The van der Waals surface area contributed by atoms with Crippen molar-refractivity contribution in [3.8, 4) is 0 Å².